The van der Waals surface area contributed by atoms with Gasteiger partial charge in [0.1, 0.15) is 5.70 Å². The van der Waals surface area contributed by atoms with E-state index in [9.17, 15) is 4.79 Å². The zero-order valence-electron chi connectivity index (χ0n) is 11.4. The van der Waals surface area contributed by atoms with Crippen molar-refractivity contribution in [2.45, 2.75) is 13.8 Å². The van der Waals surface area contributed by atoms with Crippen molar-refractivity contribution in [3.05, 3.63) is 29.4 Å². The molecule has 8 nitrogen and oxygen atoms in total. The molecule has 0 fully saturated rings. The lowest BCUT2D eigenvalue weighted by Gasteiger charge is -2.10. The average molecular weight is 296 g/mol. The molecule has 0 saturated heterocycles. The lowest BCUT2D eigenvalue weighted by Crippen LogP contribution is -2.38. The number of aromatic nitrogens is 2. The number of ether oxygens (including phenoxy) is 1. The fourth-order valence-corrected chi connectivity index (χ4v) is 1.43. The van der Waals surface area contributed by atoms with Crippen LogP contribution in [0.5, 0.6) is 0 Å². The van der Waals surface area contributed by atoms with E-state index in [4.69, 9.17) is 22.8 Å². The molecule has 0 aliphatic carbocycles. The molecule has 0 aliphatic rings. The number of methoxy groups -OCH3 is 1. The number of carbonyl (C=O) groups excluding carboxylic acids is 1. The minimum atomic E-state index is -0.568. The van der Waals surface area contributed by atoms with Gasteiger partial charge in [-0.1, -0.05) is 0 Å². The summed E-state index contributed by atoms with van der Waals surface area (Å²) >= 11 is 4.82. The van der Waals surface area contributed by atoms with Gasteiger partial charge in [-0.3, -0.25) is 10.2 Å². The van der Waals surface area contributed by atoms with Crippen LogP contribution in [0.4, 0.5) is 5.95 Å². The Morgan fingerprint density at radius 3 is 2.50 bits per heavy atom. The Morgan fingerprint density at radius 2 is 2.00 bits per heavy atom. The molecule has 5 N–H and O–H groups in total. The van der Waals surface area contributed by atoms with Gasteiger partial charge >= 0.3 is 0 Å². The Morgan fingerprint density at radius 1 is 1.40 bits per heavy atom. The summed E-state index contributed by atoms with van der Waals surface area (Å²) in [6, 6.07) is 1.83. The number of anilines is 1. The summed E-state index contributed by atoms with van der Waals surface area (Å²) in [5, 5.41) is 5.40. The van der Waals surface area contributed by atoms with Crippen LogP contribution in [0.15, 0.2) is 18.0 Å². The summed E-state index contributed by atoms with van der Waals surface area (Å²) in [6.45, 7) is 3.69. The Bertz CT molecular complexity index is 525. The molecule has 1 heterocycles. The summed E-state index contributed by atoms with van der Waals surface area (Å²) in [5.41, 5.74) is 3.67. The first-order chi connectivity index (χ1) is 9.46. The number of carbonyl (C=O) groups is 1. The van der Waals surface area contributed by atoms with E-state index in [2.05, 4.69) is 20.6 Å². The molecule has 108 valence electrons. The average Bonchev–Trinajstić information content (AvgIpc) is 2.41. The Balaban J connectivity index is 2.90. The van der Waals surface area contributed by atoms with Gasteiger partial charge in [0.15, 0.2) is 0 Å². The molecule has 0 saturated carbocycles. The minimum absolute atomic E-state index is 0.0305. The van der Waals surface area contributed by atoms with Crippen LogP contribution in [0, 0.1) is 13.8 Å². The third-order valence-electron chi connectivity index (χ3n) is 2.13. The second kappa shape index (κ2) is 7.36. The standard InChI is InChI=1S/C11H16N6O2S/c1-6-4-7(2)15-10(14-6)13-5-8(9(18)17-12)16-11(20)19-3/h4-5H,12H2,1-3H3,(H,16,20)(H,17,18)(H,13,14,15)/b8-5+. The van der Waals surface area contributed by atoms with Gasteiger partial charge < -0.3 is 15.4 Å². The quantitative estimate of drug-likeness (QED) is 0.199. The van der Waals surface area contributed by atoms with Gasteiger partial charge in [-0.2, -0.15) is 0 Å². The van der Waals surface area contributed by atoms with E-state index >= 15 is 0 Å². The van der Waals surface area contributed by atoms with Crippen molar-refractivity contribution < 1.29 is 9.53 Å². The number of nitrogens with one attached hydrogen (secondary N) is 3. The van der Waals surface area contributed by atoms with Gasteiger partial charge in [0.05, 0.1) is 7.11 Å². The van der Waals surface area contributed by atoms with Crippen molar-refractivity contribution in [3.63, 3.8) is 0 Å². The molecular weight excluding hydrogens is 280 g/mol. The lowest BCUT2D eigenvalue weighted by atomic mass is 10.3. The topological polar surface area (TPSA) is 114 Å². The van der Waals surface area contributed by atoms with Gasteiger partial charge in [-0.05, 0) is 32.1 Å². The highest BCUT2D eigenvalue weighted by molar-refractivity contribution is 7.80. The van der Waals surface area contributed by atoms with Crippen LogP contribution >= 0.6 is 12.2 Å². The first-order valence-electron chi connectivity index (χ1n) is 5.61. The highest BCUT2D eigenvalue weighted by Gasteiger charge is 2.10. The van der Waals surface area contributed by atoms with E-state index in [1.165, 1.54) is 13.3 Å². The molecule has 0 atom stereocenters. The number of rotatable bonds is 4. The van der Waals surface area contributed by atoms with Gasteiger partial charge in [0.2, 0.25) is 5.95 Å². The van der Waals surface area contributed by atoms with E-state index in [0.717, 1.165) is 11.4 Å². The number of nitrogens with zero attached hydrogens (tertiary/aromatic N) is 2. The predicted octanol–water partition coefficient (Wildman–Crippen LogP) is -0.142. The smallest absolute Gasteiger partial charge is 0.283 e. The molecule has 0 radical (unpaired) electrons. The van der Waals surface area contributed by atoms with Crippen LogP contribution in [0.3, 0.4) is 0 Å². The Kier molecular flexibility index (Phi) is 5.81. The van der Waals surface area contributed by atoms with E-state index < -0.39 is 5.91 Å². The van der Waals surface area contributed by atoms with Crippen LogP contribution in [-0.2, 0) is 9.53 Å². The maximum absolute atomic E-state index is 11.6. The highest BCUT2D eigenvalue weighted by Crippen LogP contribution is 2.04. The normalized spacial score (nSPS) is 10.7. The summed E-state index contributed by atoms with van der Waals surface area (Å²) in [7, 11) is 1.38. The van der Waals surface area contributed by atoms with Gasteiger partial charge in [-0.15, -0.1) is 0 Å². The van der Waals surface area contributed by atoms with Crippen molar-refractivity contribution in [2.75, 3.05) is 12.4 Å². The zero-order valence-corrected chi connectivity index (χ0v) is 12.2. The summed E-state index contributed by atoms with van der Waals surface area (Å²) < 4.78 is 4.77. The molecule has 0 unspecified atom stereocenters. The van der Waals surface area contributed by atoms with Crippen LogP contribution in [0.2, 0.25) is 0 Å². The number of aryl methyl sites for hydroxylation is 2. The van der Waals surface area contributed by atoms with Crippen molar-refractivity contribution in [3.8, 4) is 0 Å². The fourth-order valence-electron chi connectivity index (χ4n) is 1.32. The molecule has 1 amide bonds. The van der Waals surface area contributed by atoms with Crippen LogP contribution in [0.25, 0.3) is 0 Å². The maximum Gasteiger partial charge on any atom is 0.283 e. The molecule has 0 aromatic carbocycles. The first-order valence-corrected chi connectivity index (χ1v) is 6.02. The third-order valence-corrected chi connectivity index (χ3v) is 2.39. The third kappa shape index (κ3) is 4.78. The Hall–Kier alpha value is -2.26. The number of nitrogens with two attached hydrogens (primary N) is 1. The van der Waals surface area contributed by atoms with Crippen LogP contribution in [-0.4, -0.2) is 28.2 Å². The molecule has 9 heteroatoms. The number of amides is 1. The van der Waals surface area contributed by atoms with Crippen molar-refractivity contribution in [1.82, 2.24) is 20.7 Å². The van der Waals surface area contributed by atoms with Crippen LogP contribution < -0.4 is 21.9 Å². The number of hydrogen-bond donors (Lipinski definition) is 4. The molecule has 0 bridgehead atoms. The summed E-state index contributed by atoms with van der Waals surface area (Å²) in [5.74, 6) is 4.87. The molecule has 1 rings (SSSR count). The van der Waals surface area contributed by atoms with E-state index in [1.54, 1.807) is 0 Å². The van der Waals surface area contributed by atoms with Crippen molar-refractivity contribution >= 4 is 29.2 Å². The van der Waals surface area contributed by atoms with Crippen LogP contribution in [0.1, 0.15) is 11.4 Å². The predicted molar refractivity (Wildman–Crippen MR) is 78.3 cm³/mol. The summed E-state index contributed by atoms with van der Waals surface area (Å²) in [4.78, 5) is 19.9. The first kappa shape index (κ1) is 15.8. The zero-order chi connectivity index (χ0) is 15.1. The number of hydrogen-bond acceptors (Lipinski definition) is 7. The van der Waals surface area contributed by atoms with Crippen molar-refractivity contribution in [1.29, 1.82) is 0 Å². The SMILES string of the molecule is COC(=S)N/C(=C/Nc1nc(C)cc(C)n1)C(=O)NN. The Labute approximate surface area is 121 Å². The maximum atomic E-state index is 11.6. The number of thiocarbonyl (C=S) groups is 1. The van der Waals surface area contributed by atoms with E-state index in [0.29, 0.717) is 5.95 Å². The molecular formula is C11H16N6O2S. The molecule has 0 aliphatic heterocycles. The molecule has 1 aromatic heterocycles. The van der Waals surface area contributed by atoms with E-state index in [1.807, 2.05) is 25.3 Å². The summed E-state index contributed by atoms with van der Waals surface area (Å²) in [6.07, 6.45) is 1.35. The minimum Gasteiger partial charge on any atom is -0.474 e. The van der Waals surface area contributed by atoms with Crippen molar-refractivity contribution in [2.24, 2.45) is 5.84 Å². The van der Waals surface area contributed by atoms with E-state index in [-0.39, 0.29) is 10.9 Å². The highest BCUT2D eigenvalue weighted by atomic mass is 32.1. The van der Waals surface area contributed by atoms with Gasteiger partial charge in [0.25, 0.3) is 11.1 Å². The lowest BCUT2D eigenvalue weighted by molar-refractivity contribution is -0.117. The number of hydrazine groups is 1. The molecule has 20 heavy (non-hydrogen) atoms. The second-order valence-corrected chi connectivity index (χ2v) is 4.14. The fraction of sp³-hybridized carbons (Fsp3) is 0.273. The largest absolute Gasteiger partial charge is 0.474 e. The monoisotopic (exact) mass is 296 g/mol. The van der Waals surface area contributed by atoms with Gasteiger partial charge in [-0.25, -0.2) is 15.8 Å². The van der Waals surface area contributed by atoms with Gasteiger partial charge in [0, 0.05) is 17.6 Å². The molecule has 0 spiro atoms. The second-order valence-electron chi connectivity index (χ2n) is 3.77. The molecule has 1 aromatic rings.